The first-order valence-corrected chi connectivity index (χ1v) is 10.1. The number of aryl methyl sites for hydroxylation is 1. The molecule has 0 spiro atoms. The summed E-state index contributed by atoms with van der Waals surface area (Å²) in [5, 5.41) is 2.46. The lowest BCUT2D eigenvalue weighted by Gasteiger charge is -2.37. The van der Waals surface area contributed by atoms with E-state index in [1.807, 2.05) is 30.3 Å². The van der Waals surface area contributed by atoms with Gasteiger partial charge in [0.25, 0.3) is 0 Å². The molecule has 2 aromatic carbocycles. The van der Waals surface area contributed by atoms with Gasteiger partial charge in [-0.1, -0.05) is 60.2 Å². The Balaban J connectivity index is 1.57. The van der Waals surface area contributed by atoms with Gasteiger partial charge < -0.3 is 4.90 Å². The Bertz CT molecular complexity index is 783. The summed E-state index contributed by atoms with van der Waals surface area (Å²) in [6.45, 7) is 4.06. The fourth-order valence-corrected chi connectivity index (χ4v) is 4.11. The third kappa shape index (κ3) is 5.29. The number of hydrogen-bond acceptors (Lipinski definition) is 3. The lowest BCUT2D eigenvalue weighted by Crippen LogP contribution is -2.47. The Morgan fingerprint density at radius 2 is 1.57 bits per heavy atom. The highest BCUT2D eigenvalue weighted by Crippen LogP contribution is 2.38. The molecular weight excluding hydrogens is 348 g/mol. The maximum atomic E-state index is 12.1. The molecule has 1 heterocycles. The molecule has 0 saturated carbocycles. The van der Waals surface area contributed by atoms with E-state index < -0.39 is 0 Å². The molecule has 2 aromatic rings. The Labute approximate surface area is 167 Å². The second kappa shape index (κ2) is 9.16. The van der Waals surface area contributed by atoms with Crippen LogP contribution in [0.15, 0.2) is 54.6 Å². The van der Waals surface area contributed by atoms with Crippen LogP contribution >= 0.6 is 0 Å². The summed E-state index contributed by atoms with van der Waals surface area (Å²) in [4.78, 5) is 26.5. The number of carbonyl (C=O) groups is 2. The molecule has 4 heteroatoms. The summed E-state index contributed by atoms with van der Waals surface area (Å²) < 4.78 is 0. The van der Waals surface area contributed by atoms with Gasteiger partial charge >= 0.3 is 0 Å². The fraction of sp³-hybridized carbons (Fsp3) is 0.417. The first kappa shape index (κ1) is 20.3. The summed E-state index contributed by atoms with van der Waals surface area (Å²) in [5.74, 6) is -0.319. The highest BCUT2D eigenvalue weighted by Gasteiger charge is 2.40. The number of benzene rings is 2. The molecule has 0 aromatic heterocycles. The van der Waals surface area contributed by atoms with Crippen LogP contribution in [0.2, 0.25) is 0 Å². The summed E-state index contributed by atoms with van der Waals surface area (Å²) in [7, 11) is 2.14. The molecule has 1 fully saturated rings. The van der Waals surface area contributed by atoms with Crippen molar-refractivity contribution in [2.45, 2.75) is 44.4 Å². The Morgan fingerprint density at radius 1 is 0.929 bits per heavy atom. The molecule has 1 saturated heterocycles. The number of carbonyl (C=O) groups excluding carboxylic acids is 2. The van der Waals surface area contributed by atoms with Crippen molar-refractivity contribution in [2.24, 2.45) is 0 Å². The highest BCUT2D eigenvalue weighted by atomic mass is 16.2. The second-order valence-electron chi connectivity index (χ2n) is 8.11. The van der Waals surface area contributed by atoms with Crippen molar-refractivity contribution in [1.29, 1.82) is 0 Å². The van der Waals surface area contributed by atoms with Crippen LogP contribution in [0.25, 0.3) is 0 Å². The van der Waals surface area contributed by atoms with Gasteiger partial charge in [0.2, 0.25) is 11.8 Å². The highest BCUT2D eigenvalue weighted by molar-refractivity contribution is 5.99. The summed E-state index contributed by atoms with van der Waals surface area (Å²) in [6.07, 6.45) is 3.60. The van der Waals surface area contributed by atoms with Crippen molar-refractivity contribution < 1.29 is 9.59 Å². The number of nitrogens with zero attached hydrogens (tertiary/aromatic N) is 1. The second-order valence-corrected chi connectivity index (χ2v) is 8.11. The van der Waals surface area contributed by atoms with Gasteiger partial charge in [-0.2, -0.15) is 0 Å². The van der Waals surface area contributed by atoms with Crippen molar-refractivity contribution in [1.82, 2.24) is 10.2 Å². The third-order valence-corrected chi connectivity index (χ3v) is 5.76. The quantitative estimate of drug-likeness (QED) is 0.714. The van der Waals surface area contributed by atoms with Crippen molar-refractivity contribution in [3.63, 3.8) is 0 Å². The van der Waals surface area contributed by atoms with Gasteiger partial charge in [0.05, 0.1) is 0 Å². The fourth-order valence-electron chi connectivity index (χ4n) is 4.11. The number of likely N-dealkylation sites (N-methyl/N-ethyl adjacent to an activating group) is 1. The Hall–Kier alpha value is -2.46. The minimum absolute atomic E-state index is 0.159. The molecule has 0 aliphatic carbocycles. The molecule has 1 aliphatic rings. The molecule has 4 nitrogen and oxygen atoms in total. The van der Waals surface area contributed by atoms with E-state index in [1.165, 1.54) is 11.1 Å². The van der Waals surface area contributed by atoms with Crippen molar-refractivity contribution in [3.8, 4) is 0 Å². The lowest BCUT2D eigenvalue weighted by atomic mass is 9.69. The molecule has 1 N–H and O–H groups in total. The number of nitrogens with one attached hydrogen (secondary N) is 1. The summed E-state index contributed by atoms with van der Waals surface area (Å²) >= 11 is 0. The average molecular weight is 379 g/mol. The van der Waals surface area contributed by atoms with Crippen molar-refractivity contribution >= 4 is 11.8 Å². The maximum Gasteiger partial charge on any atom is 0.227 e. The van der Waals surface area contributed by atoms with Gasteiger partial charge in [-0.15, -0.1) is 0 Å². The minimum atomic E-state index is -0.377. The first-order chi connectivity index (χ1) is 13.5. The van der Waals surface area contributed by atoms with Crippen LogP contribution in [-0.2, 0) is 21.4 Å². The van der Waals surface area contributed by atoms with E-state index in [4.69, 9.17) is 0 Å². The van der Waals surface area contributed by atoms with E-state index in [2.05, 4.69) is 48.5 Å². The maximum absolute atomic E-state index is 12.1. The molecule has 3 rings (SSSR count). The van der Waals surface area contributed by atoms with E-state index in [0.29, 0.717) is 12.8 Å². The van der Waals surface area contributed by atoms with Crippen LogP contribution in [0.4, 0.5) is 0 Å². The van der Waals surface area contributed by atoms with Crippen LogP contribution in [0.1, 0.15) is 42.4 Å². The minimum Gasteiger partial charge on any atom is -0.306 e. The number of rotatable bonds is 8. The van der Waals surface area contributed by atoms with Crippen LogP contribution in [0.5, 0.6) is 0 Å². The largest absolute Gasteiger partial charge is 0.306 e. The van der Waals surface area contributed by atoms with E-state index in [-0.39, 0.29) is 17.2 Å². The van der Waals surface area contributed by atoms with Gasteiger partial charge in [0, 0.05) is 24.8 Å². The van der Waals surface area contributed by atoms with Crippen LogP contribution < -0.4 is 5.32 Å². The van der Waals surface area contributed by atoms with Gasteiger partial charge in [-0.25, -0.2) is 0 Å². The van der Waals surface area contributed by atoms with Gasteiger partial charge in [0.15, 0.2) is 0 Å². The first-order valence-electron chi connectivity index (χ1n) is 10.1. The average Bonchev–Trinajstić information content (AvgIpc) is 2.67. The lowest BCUT2D eigenvalue weighted by molar-refractivity contribution is -0.135. The Kier molecular flexibility index (Phi) is 6.63. The molecular formula is C24H30N2O2. The summed E-state index contributed by atoms with van der Waals surface area (Å²) in [6, 6.07) is 18.7. The molecule has 1 aliphatic heterocycles. The van der Waals surface area contributed by atoms with Gasteiger partial charge in [0.1, 0.15) is 0 Å². The third-order valence-electron chi connectivity index (χ3n) is 5.76. The van der Waals surface area contributed by atoms with E-state index in [1.54, 1.807) is 0 Å². The van der Waals surface area contributed by atoms with E-state index in [9.17, 15) is 9.59 Å². The number of imide groups is 1. The molecule has 0 radical (unpaired) electrons. The number of amides is 2. The van der Waals surface area contributed by atoms with Gasteiger partial charge in [-0.3, -0.25) is 14.9 Å². The Morgan fingerprint density at radius 3 is 2.21 bits per heavy atom. The summed E-state index contributed by atoms with van der Waals surface area (Å²) in [5.41, 5.74) is 3.36. The number of hydrogen-bond donors (Lipinski definition) is 1. The predicted octanol–water partition coefficient (Wildman–Crippen LogP) is 3.62. The van der Waals surface area contributed by atoms with Crippen LogP contribution in [0, 0.1) is 6.92 Å². The molecule has 0 unspecified atom stereocenters. The smallest absolute Gasteiger partial charge is 0.227 e. The topological polar surface area (TPSA) is 49.4 Å². The normalized spacial score (nSPS) is 16.2. The van der Waals surface area contributed by atoms with E-state index >= 15 is 0 Å². The zero-order chi connectivity index (χ0) is 20.0. The molecule has 28 heavy (non-hydrogen) atoms. The molecule has 2 amide bonds. The monoisotopic (exact) mass is 378 g/mol. The van der Waals surface area contributed by atoms with Crippen LogP contribution in [0.3, 0.4) is 0 Å². The SMILES string of the molecule is Cc1ccc(CCN(C)CCCC2(c3ccccc3)CC(=O)NC(=O)C2)cc1. The van der Waals surface area contributed by atoms with Crippen LogP contribution in [-0.4, -0.2) is 36.9 Å². The predicted molar refractivity (Wildman–Crippen MR) is 112 cm³/mol. The zero-order valence-electron chi connectivity index (χ0n) is 16.9. The van der Waals surface area contributed by atoms with Gasteiger partial charge in [-0.05, 0) is 50.9 Å². The van der Waals surface area contributed by atoms with E-state index in [0.717, 1.165) is 37.9 Å². The molecule has 0 bridgehead atoms. The molecule has 0 atom stereocenters. The van der Waals surface area contributed by atoms with Crippen molar-refractivity contribution in [2.75, 3.05) is 20.1 Å². The standard InChI is InChI=1S/C24H30N2O2/c1-19-9-11-20(12-10-19)13-16-26(2)15-6-14-24(21-7-4-3-5-8-21)17-22(27)25-23(28)18-24/h3-5,7-12H,6,13-18H2,1-2H3,(H,25,27,28). The zero-order valence-corrected chi connectivity index (χ0v) is 16.9. The number of piperidine rings is 1. The molecule has 148 valence electrons. The van der Waals surface area contributed by atoms with Crippen molar-refractivity contribution in [3.05, 3.63) is 71.3 Å².